The second kappa shape index (κ2) is 7.68. The van der Waals surface area contributed by atoms with E-state index in [0.29, 0.717) is 47.4 Å². The second-order valence-corrected chi connectivity index (χ2v) is 7.30. The molecule has 0 spiro atoms. The Morgan fingerprint density at radius 1 is 1.13 bits per heavy atom. The number of amides is 1. The molecule has 0 saturated heterocycles. The van der Waals surface area contributed by atoms with E-state index in [0.717, 1.165) is 11.3 Å². The molecule has 0 fully saturated rings. The molecule has 6 nitrogen and oxygen atoms in total. The number of halogens is 1. The van der Waals surface area contributed by atoms with Crippen LogP contribution in [-0.2, 0) is 17.8 Å². The van der Waals surface area contributed by atoms with Gasteiger partial charge in [-0.25, -0.2) is 4.39 Å². The van der Waals surface area contributed by atoms with Gasteiger partial charge in [-0.15, -0.1) is 0 Å². The summed E-state index contributed by atoms with van der Waals surface area (Å²) in [6.45, 7) is 0.804. The maximum absolute atomic E-state index is 13.2. The molecule has 1 aliphatic rings. The highest BCUT2D eigenvalue weighted by molar-refractivity contribution is 5.92. The van der Waals surface area contributed by atoms with Crippen molar-refractivity contribution in [2.75, 3.05) is 6.54 Å². The predicted molar refractivity (Wildman–Crippen MR) is 113 cm³/mol. The lowest BCUT2D eigenvalue weighted by molar-refractivity contribution is -0.126. The van der Waals surface area contributed by atoms with Crippen LogP contribution in [-0.4, -0.2) is 22.5 Å². The van der Waals surface area contributed by atoms with Gasteiger partial charge >= 0.3 is 0 Å². The molecule has 31 heavy (non-hydrogen) atoms. The zero-order valence-corrected chi connectivity index (χ0v) is 16.4. The number of para-hydroxylation sites is 1. The molecule has 2 aromatic carbocycles. The Morgan fingerprint density at radius 2 is 1.94 bits per heavy atom. The highest BCUT2D eigenvalue weighted by Crippen LogP contribution is 2.30. The van der Waals surface area contributed by atoms with Crippen molar-refractivity contribution in [1.82, 2.24) is 10.1 Å². The summed E-state index contributed by atoms with van der Waals surface area (Å²) in [7, 11) is 0. The smallest absolute Gasteiger partial charge is 0.246 e. The van der Waals surface area contributed by atoms with Crippen LogP contribution < -0.4 is 5.43 Å². The van der Waals surface area contributed by atoms with E-state index in [2.05, 4.69) is 5.16 Å². The van der Waals surface area contributed by atoms with Crippen molar-refractivity contribution in [1.29, 1.82) is 0 Å². The van der Waals surface area contributed by atoms with Gasteiger partial charge < -0.3 is 13.8 Å². The summed E-state index contributed by atoms with van der Waals surface area (Å²) < 4.78 is 24.2. The van der Waals surface area contributed by atoms with E-state index in [1.807, 2.05) is 0 Å². The number of hydrogen-bond donors (Lipinski definition) is 0. The molecule has 5 rings (SSSR count). The number of carbonyl (C=O) groups excluding carboxylic acids is 1. The van der Waals surface area contributed by atoms with Crippen LogP contribution in [0.5, 0.6) is 0 Å². The Labute approximate surface area is 176 Å². The van der Waals surface area contributed by atoms with E-state index in [1.54, 1.807) is 41.3 Å². The van der Waals surface area contributed by atoms with Crippen molar-refractivity contribution in [2.45, 2.75) is 13.0 Å². The van der Waals surface area contributed by atoms with E-state index >= 15 is 0 Å². The number of aromatic nitrogens is 1. The Kier molecular flexibility index (Phi) is 4.71. The van der Waals surface area contributed by atoms with Crippen LogP contribution in [0, 0.1) is 5.82 Å². The first-order valence-electron chi connectivity index (χ1n) is 9.81. The summed E-state index contributed by atoms with van der Waals surface area (Å²) in [4.78, 5) is 27.0. The molecule has 2 aromatic heterocycles. The van der Waals surface area contributed by atoms with Crippen LogP contribution in [0.4, 0.5) is 4.39 Å². The third-order valence-corrected chi connectivity index (χ3v) is 5.37. The predicted octanol–water partition coefficient (Wildman–Crippen LogP) is 4.19. The third kappa shape index (κ3) is 3.54. The number of benzene rings is 2. The van der Waals surface area contributed by atoms with Gasteiger partial charge in [-0.3, -0.25) is 9.59 Å². The fourth-order valence-corrected chi connectivity index (χ4v) is 3.70. The van der Waals surface area contributed by atoms with Gasteiger partial charge in [0.1, 0.15) is 17.7 Å². The summed E-state index contributed by atoms with van der Waals surface area (Å²) in [5, 5.41) is 4.57. The normalized spacial score (nSPS) is 13.6. The molecule has 1 aliphatic heterocycles. The zero-order chi connectivity index (χ0) is 21.4. The standard InChI is InChI=1S/C24H17FN2O4/c25-17-8-5-15(6-9-17)24-19-13-27(12-11-20(19)26-31-24)22(28)10-7-16-14-30-21-4-2-1-3-18(21)23(16)29/h1-10,14H,11-13H2/b10-7+. The Hall–Kier alpha value is -4.00. The van der Waals surface area contributed by atoms with Gasteiger partial charge in [0.25, 0.3) is 0 Å². The van der Waals surface area contributed by atoms with E-state index in [1.165, 1.54) is 30.5 Å². The monoisotopic (exact) mass is 416 g/mol. The van der Waals surface area contributed by atoms with Crippen LogP contribution in [0.1, 0.15) is 16.8 Å². The highest BCUT2D eigenvalue weighted by atomic mass is 19.1. The molecule has 3 heterocycles. The largest absolute Gasteiger partial charge is 0.463 e. The molecule has 4 aromatic rings. The maximum Gasteiger partial charge on any atom is 0.246 e. The van der Waals surface area contributed by atoms with Crippen molar-refractivity contribution in [3.63, 3.8) is 0 Å². The van der Waals surface area contributed by atoms with Crippen LogP contribution >= 0.6 is 0 Å². The fourth-order valence-electron chi connectivity index (χ4n) is 3.70. The Bertz CT molecular complexity index is 1370. The molecule has 0 N–H and O–H groups in total. The van der Waals surface area contributed by atoms with Crippen molar-refractivity contribution < 1.29 is 18.1 Å². The van der Waals surface area contributed by atoms with Gasteiger partial charge in [0.2, 0.25) is 5.91 Å². The van der Waals surface area contributed by atoms with Crippen LogP contribution in [0.3, 0.4) is 0 Å². The molecule has 0 saturated carbocycles. The number of hydrogen-bond acceptors (Lipinski definition) is 5. The lowest BCUT2D eigenvalue weighted by atomic mass is 10.0. The van der Waals surface area contributed by atoms with Crippen LogP contribution in [0.25, 0.3) is 28.4 Å². The van der Waals surface area contributed by atoms with Crippen molar-refractivity contribution in [3.8, 4) is 11.3 Å². The third-order valence-electron chi connectivity index (χ3n) is 5.37. The van der Waals surface area contributed by atoms with Gasteiger partial charge in [0.15, 0.2) is 11.2 Å². The molecule has 0 radical (unpaired) electrons. The van der Waals surface area contributed by atoms with Gasteiger partial charge in [-0.2, -0.15) is 0 Å². The minimum Gasteiger partial charge on any atom is -0.463 e. The SMILES string of the molecule is O=C(/C=C/c1coc2ccccc2c1=O)N1CCc2noc(-c3ccc(F)cc3)c2C1. The van der Waals surface area contributed by atoms with Crippen molar-refractivity contribution in [3.05, 3.63) is 93.7 Å². The summed E-state index contributed by atoms with van der Waals surface area (Å²) in [5.41, 5.74) is 2.92. The number of fused-ring (bicyclic) bond motifs is 2. The fraction of sp³-hybridized carbons (Fsp3) is 0.125. The quantitative estimate of drug-likeness (QED) is 0.468. The average molecular weight is 416 g/mol. The minimum atomic E-state index is -0.336. The molecule has 0 aliphatic carbocycles. The van der Waals surface area contributed by atoms with E-state index in [9.17, 15) is 14.0 Å². The van der Waals surface area contributed by atoms with Crippen molar-refractivity contribution in [2.24, 2.45) is 0 Å². The molecule has 0 atom stereocenters. The summed E-state index contributed by atoms with van der Waals surface area (Å²) in [6.07, 6.45) is 4.76. The summed E-state index contributed by atoms with van der Waals surface area (Å²) in [6, 6.07) is 12.9. The first-order chi connectivity index (χ1) is 15.1. The molecule has 0 unspecified atom stereocenters. The van der Waals surface area contributed by atoms with Gasteiger partial charge in [0.05, 0.1) is 23.2 Å². The highest BCUT2D eigenvalue weighted by Gasteiger charge is 2.26. The lowest BCUT2D eigenvalue weighted by Crippen LogP contribution is -2.34. The first kappa shape index (κ1) is 19.0. The Balaban J connectivity index is 1.38. The van der Waals surface area contributed by atoms with Crippen molar-refractivity contribution >= 4 is 23.0 Å². The van der Waals surface area contributed by atoms with Gasteiger partial charge in [0, 0.05) is 30.2 Å². The molecular formula is C24H17FN2O4. The van der Waals surface area contributed by atoms with Gasteiger partial charge in [-0.1, -0.05) is 17.3 Å². The van der Waals surface area contributed by atoms with E-state index < -0.39 is 0 Å². The topological polar surface area (TPSA) is 76.6 Å². The molecular weight excluding hydrogens is 399 g/mol. The maximum atomic E-state index is 13.2. The molecule has 154 valence electrons. The Morgan fingerprint density at radius 3 is 2.77 bits per heavy atom. The number of nitrogens with zero attached hydrogens (tertiary/aromatic N) is 2. The summed E-state index contributed by atoms with van der Waals surface area (Å²) >= 11 is 0. The number of carbonyl (C=O) groups is 1. The molecule has 1 amide bonds. The average Bonchev–Trinajstić information content (AvgIpc) is 3.22. The lowest BCUT2D eigenvalue weighted by Gasteiger charge is -2.25. The number of rotatable bonds is 3. The first-order valence-corrected chi connectivity index (χ1v) is 9.81. The molecule has 7 heteroatoms. The zero-order valence-electron chi connectivity index (χ0n) is 16.4. The van der Waals surface area contributed by atoms with E-state index in [-0.39, 0.29) is 17.2 Å². The molecule has 0 bridgehead atoms. The van der Waals surface area contributed by atoms with Gasteiger partial charge in [-0.05, 0) is 42.5 Å². The minimum absolute atomic E-state index is 0.190. The van der Waals surface area contributed by atoms with E-state index in [4.69, 9.17) is 8.94 Å². The van der Waals surface area contributed by atoms with Crippen LogP contribution in [0.15, 0.2) is 74.6 Å². The van der Waals surface area contributed by atoms with Crippen LogP contribution in [0.2, 0.25) is 0 Å². The second-order valence-electron chi connectivity index (χ2n) is 7.30. The summed E-state index contributed by atoms with van der Waals surface area (Å²) in [5.74, 6) is -0.0339.